The van der Waals surface area contributed by atoms with Gasteiger partial charge < -0.3 is 5.11 Å². The third-order valence-corrected chi connectivity index (χ3v) is 3.07. The average Bonchev–Trinajstić information content (AvgIpc) is 2.64. The van der Waals surface area contributed by atoms with Crippen LogP contribution in [0.1, 0.15) is 44.9 Å². The molecule has 1 rings (SSSR count). The number of unbranched alkanes of at least 4 members (excludes halogenated alkanes) is 3. The third-order valence-electron chi connectivity index (χ3n) is 3.07. The van der Waals surface area contributed by atoms with Gasteiger partial charge in [-0.1, -0.05) is 19.4 Å². The molecule has 0 bridgehead atoms. The minimum Gasteiger partial charge on any atom is -0.478 e. The van der Waals surface area contributed by atoms with Gasteiger partial charge in [-0.25, -0.2) is 4.79 Å². The molecule has 2 amide bonds. The number of carbonyl (C=O) groups is 3. The summed E-state index contributed by atoms with van der Waals surface area (Å²) in [6, 6.07) is 0. The summed E-state index contributed by atoms with van der Waals surface area (Å²) in [5, 5.41) is 8.61. The molecule has 5 heteroatoms. The number of rotatable bonds is 8. The quantitative estimate of drug-likeness (QED) is 0.406. The molecule has 100 valence electrons. The lowest BCUT2D eigenvalue weighted by molar-refractivity contribution is -0.138. The molecule has 0 aromatic carbocycles. The van der Waals surface area contributed by atoms with E-state index in [4.69, 9.17) is 5.11 Å². The van der Waals surface area contributed by atoms with Gasteiger partial charge in [0.25, 0.3) is 0 Å². The molecule has 0 radical (unpaired) electrons. The van der Waals surface area contributed by atoms with Crippen LogP contribution >= 0.6 is 0 Å². The maximum Gasteiger partial charge on any atom is 0.330 e. The highest BCUT2D eigenvalue weighted by atomic mass is 16.4. The van der Waals surface area contributed by atoms with E-state index in [1.54, 1.807) is 0 Å². The van der Waals surface area contributed by atoms with Crippen LogP contribution in [0, 0.1) is 0 Å². The molecule has 1 saturated heterocycles. The molecule has 1 fully saturated rings. The molecule has 1 aliphatic heterocycles. The molecule has 0 spiro atoms. The highest BCUT2D eigenvalue weighted by Crippen LogP contribution is 2.14. The Labute approximate surface area is 106 Å². The summed E-state index contributed by atoms with van der Waals surface area (Å²) in [7, 11) is 0. The molecule has 0 atom stereocenters. The van der Waals surface area contributed by atoms with Gasteiger partial charge in [0.1, 0.15) is 0 Å². The average molecular weight is 253 g/mol. The number of hydrogen-bond acceptors (Lipinski definition) is 3. The standard InChI is InChI=1S/C13H19NO4/c1-10(13(17)18)6-4-2-3-5-9-14-11(15)7-8-12(14)16/h1-9H2,(H,17,18). The number of carboxylic acids is 1. The van der Waals surface area contributed by atoms with Crippen LogP contribution in [-0.4, -0.2) is 34.3 Å². The molecule has 1 aliphatic rings. The molecular weight excluding hydrogens is 234 g/mol. The largest absolute Gasteiger partial charge is 0.478 e. The number of aliphatic carboxylic acids is 1. The van der Waals surface area contributed by atoms with Crippen LogP contribution in [0.3, 0.4) is 0 Å². The molecule has 0 aromatic heterocycles. The van der Waals surface area contributed by atoms with E-state index in [-0.39, 0.29) is 17.4 Å². The fourth-order valence-corrected chi connectivity index (χ4v) is 1.94. The summed E-state index contributed by atoms with van der Waals surface area (Å²) in [4.78, 5) is 34.4. The van der Waals surface area contributed by atoms with E-state index in [1.807, 2.05) is 0 Å². The molecule has 5 nitrogen and oxygen atoms in total. The second kappa shape index (κ2) is 6.93. The zero-order chi connectivity index (χ0) is 13.5. The van der Waals surface area contributed by atoms with Crippen molar-refractivity contribution in [1.82, 2.24) is 4.90 Å². The summed E-state index contributed by atoms with van der Waals surface area (Å²) in [6.45, 7) is 3.96. The Morgan fingerprint density at radius 1 is 1.11 bits per heavy atom. The van der Waals surface area contributed by atoms with Crippen molar-refractivity contribution in [2.24, 2.45) is 0 Å². The van der Waals surface area contributed by atoms with Gasteiger partial charge >= 0.3 is 5.97 Å². The molecule has 1 heterocycles. The van der Waals surface area contributed by atoms with Gasteiger partial charge in [-0.2, -0.15) is 0 Å². The second-order valence-corrected chi connectivity index (χ2v) is 4.51. The van der Waals surface area contributed by atoms with E-state index in [1.165, 1.54) is 4.90 Å². The molecule has 1 N–H and O–H groups in total. The lowest BCUT2D eigenvalue weighted by Gasteiger charge is -2.12. The first kappa shape index (κ1) is 14.4. The van der Waals surface area contributed by atoms with Crippen molar-refractivity contribution in [3.05, 3.63) is 12.2 Å². The lowest BCUT2D eigenvalue weighted by Crippen LogP contribution is -2.29. The first-order valence-electron chi connectivity index (χ1n) is 6.26. The molecule has 0 unspecified atom stereocenters. The summed E-state index contributed by atoms with van der Waals surface area (Å²) >= 11 is 0. The van der Waals surface area contributed by atoms with Gasteiger partial charge in [0.2, 0.25) is 11.8 Å². The second-order valence-electron chi connectivity index (χ2n) is 4.51. The van der Waals surface area contributed by atoms with Crippen molar-refractivity contribution < 1.29 is 19.5 Å². The number of hydrogen-bond donors (Lipinski definition) is 1. The van der Waals surface area contributed by atoms with Crippen LogP contribution in [0.15, 0.2) is 12.2 Å². The van der Waals surface area contributed by atoms with Crippen LogP contribution in [0.2, 0.25) is 0 Å². The van der Waals surface area contributed by atoms with E-state index < -0.39 is 5.97 Å². The Morgan fingerprint density at radius 2 is 1.67 bits per heavy atom. The van der Waals surface area contributed by atoms with E-state index >= 15 is 0 Å². The molecule has 18 heavy (non-hydrogen) atoms. The van der Waals surface area contributed by atoms with Gasteiger partial charge in [-0.15, -0.1) is 0 Å². The van der Waals surface area contributed by atoms with Crippen LogP contribution in [0.5, 0.6) is 0 Å². The molecular formula is C13H19NO4. The van der Waals surface area contributed by atoms with Crippen molar-refractivity contribution >= 4 is 17.8 Å². The van der Waals surface area contributed by atoms with Crippen molar-refractivity contribution in [1.29, 1.82) is 0 Å². The molecule has 0 aromatic rings. The normalized spacial score (nSPS) is 15.2. The number of imide groups is 1. The van der Waals surface area contributed by atoms with E-state index in [2.05, 4.69) is 6.58 Å². The monoisotopic (exact) mass is 253 g/mol. The maximum atomic E-state index is 11.3. The summed E-state index contributed by atoms with van der Waals surface area (Å²) in [5.41, 5.74) is 0.236. The number of amides is 2. The van der Waals surface area contributed by atoms with Crippen LogP contribution < -0.4 is 0 Å². The SMILES string of the molecule is C=C(CCCCCCN1C(=O)CCC1=O)C(=O)O. The van der Waals surface area contributed by atoms with Gasteiger partial charge in [0, 0.05) is 25.0 Å². The van der Waals surface area contributed by atoms with Crippen molar-refractivity contribution in [3.8, 4) is 0 Å². The number of carboxylic acid groups (broad SMARTS) is 1. The van der Waals surface area contributed by atoms with Crippen LogP contribution in [0.4, 0.5) is 0 Å². The molecule has 0 aliphatic carbocycles. The minimum atomic E-state index is -0.941. The Morgan fingerprint density at radius 3 is 2.22 bits per heavy atom. The summed E-state index contributed by atoms with van der Waals surface area (Å²) < 4.78 is 0. The Kier molecular flexibility index (Phi) is 5.55. The predicted molar refractivity (Wildman–Crippen MR) is 65.8 cm³/mol. The Hall–Kier alpha value is -1.65. The Balaban J connectivity index is 2.05. The fourth-order valence-electron chi connectivity index (χ4n) is 1.94. The fraction of sp³-hybridized carbons (Fsp3) is 0.615. The summed E-state index contributed by atoms with van der Waals surface area (Å²) in [6.07, 6.45) is 4.54. The van der Waals surface area contributed by atoms with Crippen molar-refractivity contribution in [2.45, 2.75) is 44.9 Å². The van der Waals surface area contributed by atoms with E-state index in [9.17, 15) is 14.4 Å². The first-order valence-corrected chi connectivity index (χ1v) is 6.26. The number of carbonyl (C=O) groups excluding carboxylic acids is 2. The minimum absolute atomic E-state index is 0.0701. The Bertz CT molecular complexity index is 346. The summed E-state index contributed by atoms with van der Waals surface area (Å²) in [5.74, 6) is -1.08. The van der Waals surface area contributed by atoms with E-state index in [0.717, 1.165) is 25.7 Å². The van der Waals surface area contributed by atoms with Gasteiger partial charge in [0.15, 0.2) is 0 Å². The highest BCUT2D eigenvalue weighted by molar-refractivity contribution is 6.01. The molecule has 0 saturated carbocycles. The number of likely N-dealkylation sites (tertiary alicyclic amines) is 1. The topological polar surface area (TPSA) is 74.7 Å². The van der Waals surface area contributed by atoms with Crippen molar-refractivity contribution in [3.63, 3.8) is 0 Å². The van der Waals surface area contributed by atoms with Crippen LogP contribution in [-0.2, 0) is 14.4 Å². The highest BCUT2D eigenvalue weighted by Gasteiger charge is 2.27. The number of nitrogens with zero attached hydrogens (tertiary/aromatic N) is 1. The van der Waals surface area contributed by atoms with Gasteiger partial charge in [-0.05, 0) is 19.3 Å². The predicted octanol–water partition coefficient (Wildman–Crippen LogP) is 1.73. The smallest absolute Gasteiger partial charge is 0.330 e. The lowest BCUT2D eigenvalue weighted by atomic mass is 10.1. The third kappa shape index (κ3) is 4.31. The zero-order valence-corrected chi connectivity index (χ0v) is 10.5. The van der Waals surface area contributed by atoms with Crippen LogP contribution in [0.25, 0.3) is 0 Å². The zero-order valence-electron chi connectivity index (χ0n) is 10.5. The van der Waals surface area contributed by atoms with Gasteiger partial charge in [0.05, 0.1) is 0 Å². The maximum absolute atomic E-state index is 11.3. The van der Waals surface area contributed by atoms with Gasteiger partial charge in [-0.3, -0.25) is 14.5 Å². The first-order chi connectivity index (χ1) is 8.52. The van der Waals surface area contributed by atoms with E-state index in [0.29, 0.717) is 25.8 Å². The van der Waals surface area contributed by atoms with Crippen molar-refractivity contribution in [2.75, 3.05) is 6.54 Å².